The molecule has 0 aliphatic carbocycles. The molecule has 0 bridgehead atoms. The number of sulfonamides is 1. The summed E-state index contributed by atoms with van der Waals surface area (Å²) in [5.41, 5.74) is 3.02. The van der Waals surface area contributed by atoms with E-state index >= 15 is 0 Å². The Labute approximate surface area is 182 Å². The molecule has 0 aliphatic heterocycles. The molecule has 3 rings (SSSR count). The van der Waals surface area contributed by atoms with Crippen LogP contribution in [0.1, 0.15) is 29.7 Å². The van der Waals surface area contributed by atoms with E-state index in [1.54, 1.807) is 36.4 Å². The van der Waals surface area contributed by atoms with Gasteiger partial charge < -0.3 is 0 Å². The van der Waals surface area contributed by atoms with Gasteiger partial charge >= 0.3 is 0 Å². The van der Waals surface area contributed by atoms with Gasteiger partial charge in [0, 0.05) is 23.2 Å². The number of benzene rings is 3. The second-order valence-electron chi connectivity index (χ2n) is 7.38. The highest BCUT2D eigenvalue weighted by atomic mass is 32.2. The van der Waals surface area contributed by atoms with E-state index in [0.717, 1.165) is 16.7 Å². The minimum Gasteiger partial charge on any atom is -0.254 e. The van der Waals surface area contributed by atoms with Gasteiger partial charge in [0.2, 0.25) is 10.0 Å². The van der Waals surface area contributed by atoms with Crippen LogP contribution in [0.3, 0.4) is 0 Å². The standard InChI is InChI=1S/C24H27NO3S2/c1-19-9-13-22(14-10-19)21(3)25(17-18-29(26)23-7-5-4-6-8-23)30(27,28)24-15-11-20(2)12-16-24/h4-16,21H,17-18H2,1-3H3. The van der Waals surface area contributed by atoms with E-state index in [9.17, 15) is 12.6 Å². The Morgan fingerprint density at radius 1 is 0.833 bits per heavy atom. The quantitative estimate of drug-likeness (QED) is 0.501. The highest BCUT2D eigenvalue weighted by Crippen LogP contribution is 2.28. The number of hydrogen-bond donors (Lipinski definition) is 0. The summed E-state index contributed by atoms with van der Waals surface area (Å²) in [5, 5.41) is 0. The molecule has 2 unspecified atom stereocenters. The SMILES string of the molecule is Cc1ccc(C(C)N(CCS(=O)c2ccccc2)S(=O)(=O)c2ccc(C)cc2)cc1. The molecule has 3 aromatic rings. The van der Waals surface area contributed by atoms with Gasteiger partial charge in [-0.15, -0.1) is 0 Å². The monoisotopic (exact) mass is 441 g/mol. The highest BCUT2D eigenvalue weighted by molar-refractivity contribution is 7.89. The van der Waals surface area contributed by atoms with Crippen LogP contribution in [0.2, 0.25) is 0 Å². The predicted octanol–water partition coefficient (Wildman–Crippen LogP) is 4.86. The van der Waals surface area contributed by atoms with Crippen LogP contribution < -0.4 is 0 Å². The van der Waals surface area contributed by atoms with Crippen molar-refractivity contribution >= 4 is 20.8 Å². The lowest BCUT2D eigenvalue weighted by atomic mass is 10.1. The van der Waals surface area contributed by atoms with Crippen molar-refractivity contribution in [3.05, 3.63) is 95.6 Å². The molecule has 2 atom stereocenters. The Kier molecular flexibility index (Phi) is 7.23. The van der Waals surface area contributed by atoms with Crippen LogP contribution in [0.15, 0.2) is 88.7 Å². The lowest BCUT2D eigenvalue weighted by Gasteiger charge is -2.29. The summed E-state index contributed by atoms with van der Waals surface area (Å²) < 4.78 is 41.2. The summed E-state index contributed by atoms with van der Waals surface area (Å²) in [7, 11) is -5.04. The maximum Gasteiger partial charge on any atom is 0.243 e. The fourth-order valence-electron chi connectivity index (χ4n) is 3.24. The first-order chi connectivity index (χ1) is 14.3. The molecule has 3 aromatic carbocycles. The Morgan fingerprint density at radius 3 is 1.93 bits per heavy atom. The molecule has 0 fully saturated rings. The van der Waals surface area contributed by atoms with Gasteiger partial charge in [0.15, 0.2) is 0 Å². The molecule has 0 N–H and O–H groups in total. The first-order valence-electron chi connectivity index (χ1n) is 9.87. The van der Waals surface area contributed by atoms with Crippen LogP contribution in [0.25, 0.3) is 0 Å². The van der Waals surface area contributed by atoms with Crippen LogP contribution >= 0.6 is 0 Å². The number of nitrogens with zero attached hydrogens (tertiary/aromatic N) is 1. The van der Waals surface area contributed by atoms with Crippen LogP contribution in [0, 0.1) is 13.8 Å². The second kappa shape index (κ2) is 9.69. The molecule has 0 radical (unpaired) electrons. The average molecular weight is 442 g/mol. The third-order valence-corrected chi connectivity index (χ3v) is 8.46. The lowest BCUT2D eigenvalue weighted by molar-refractivity contribution is 0.358. The minimum atomic E-state index is -3.75. The third kappa shape index (κ3) is 5.25. The minimum absolute atomic E-state index is 0.159. The van der Waals surface area contributed by atoms with Crippen molar-refractivity contribution in [1.29, 1.82) is 0 Å². The zero-order valence-corrected chi connectivity index (χ0v) is 19.1. The Bertz CT molecular complexity index is 1090. The van der Waals surface area contributed by atoms with Gasteiger partial charge in [0.05, 0.1) is 15.7 Å². The number of hydrogen-bond acceptors (Lipinski definition) is 3. The largest absolute Gasteiger partial charge is 0.254 e. The molecular weight excluding hydrogens is 414 g/mol. The van der Waals surface area contributed by atoms with E-state index in [-0.39, 0.29) is 23.2 Å². The molecule has 0 saturated heterocycles. The fraction of sp³-hybridized carbons (Fsp3) is 0.250. The van der Waals surface area contributed by atoms with Crippen LogP contribution in [-0.2, 0) is 20.8 Å². The van der Waals surface area contributed by atoms with Crippen molar-refractivity contribution in [3.8, 4) is 0 Å². The molecule has 0 aromatic heterocycles. The van der Waals surface area contributed by atoms with Crippen LogP contribution in [-0.4, -0.2) is 29.2 Å². The van der Waals surface area contributed by atoms with Crippen molar-refractivity contribution in [3.63, 3.8) is 0 Å². The number of aryl methyl sites for hydroxylation is 2. The van der Waals surface area contributed by atoms with E-state index in [2.05, 4.69) is 0 Å². The fourth-order valence-corrected chi connectivity index (χ4v) is 6.04. The molecule has 30 heavy (non-hydrogen) atoms. The van der Waals surface area contributed by atoms with E-state index in [0.29, 0.717) is 4.90 Å². The summed E-state index contributed by atoms with van der Waals surface area (Å²) in [5.74, 6) is 0.227. The maximum atomic E-state index is 13.5. The average Bonchev–Trinajstić information content (AvgIpc) is 2.75. The van der Waals surface area contributed by atoms with Crippen molar-refractivity contribution in [1.82, 2.24) is 4.31 Å². The molecule has 0 spiro atoms. The van der Waals surface area contributed by atoms with Gasteiger partial charge in [0.1, 0.15) is 0 Å². The molecule has 4 nitrogen and oxygen atoms in total. The van der Waals surface area contributed by atoms with E-state index in [1.807, 2.05) is 63.2 Å². The molecule has 158 valence electrons. The van der Waals surface area contributed by atoms with Crippen molar-refractivity contribution in [2.75, 3.05) is 12.3 Å². The Morgan fingerprint density at radius 2 is 1.37 bits per heavy atom. The molecule has 0 saturated carbocycles. The van der Waals surface area contributed by atoms with E-state index in [1.165, 1.54) is 4.31 Å². The molecular formula is C24H27NO3S2. The highest BCUT2D eigenvalue weighted by Gasteiger charge is 2.30. The van der Waals surface area contributed by atoms with Gasteiger partial charge in [-0.05, 0) is 50.6 Å². The Hall–Kier alpha value is -2.28. The zero-order chi connectivity index (χ0) is 21.7. The number of rotatable bonds is 8. The van der Waals surface area contributed by atoms with Crippen LogP contribution in [0.5, 0.6) is 0 Å². The van der Waals surface area contributed by atoms with E-state index in [4.69, 9.17) is 0 Å². The van der Waals surface area contributed by atoms with Crippen molar-refractivity contribution in [2.24, 2.45) is 0 Å². The van der Waals surface area contributed by atoms with E-state index < -0.39 is 20.8 Å². The smallest absolute Gasteiger partial charge is 0.243 e. The normalized spacial score (nSPS) is 13.9. The summed E-state index contributed by atoms with van der Waals surface area (Å²) in [6.07, 6.45) is 0. The summed E-state index contributed by atoms with van der Waals surface area (Å²) in [4.78, 5) is 0.950. The lowest BCUT2D eigenvalue weighted by Crippen LogP contribution is -2.36. The topological polar surface area (TPSA) is 54.5 Å². The van der Waals surface area contributed by atoms with Gasteiger partial charge in [-0.25, -0.2) is 8.42 Å². The summed E-state index contributed by atoms with van der Waals surface area (Å²) >= 11 is 0. The van der Waals surface area contributed by atoms with Crippen molar-refractivity contribution < 1.29 is 12.6 Å². The maximum absolute atomic E-state index is 13.5. The Balaban J connectivity index is 1.92. The third-order valence-electron chi connectivity index (χ3n) is 5.12. The summed E-state index contributed by atoms with van der Waals surface area (Å²) in [6.45, 7) is 5.96. The summed E-state index contributed by atoms with van der Waals surface area (Å²) in [6, 6.07) is 23.5. The first kappa shape index (κ1) is 22.4. The van der Waals surface area contributed by atoms with Crippen molar-refractivity contribution in [2.45, 2.75) is 36.6 Å². The van der Waals surface area contributed by atoms with Gasteiger partial charge in [-0.2, -0.15) is 4.31 Å². The first-order valence-corrected chi connectivity index (χ1v) is 12.6. The van der Waals surface area contributed by atoms with Gasteiger partial charge in [-0.3, -0.25) is 4.21 Å². The van der Waals surface area contributed by atoms with Crippen LogP contribution in [0.4, 0.5) is 0 Å². The van der Waals surface area contributed by atoms with Gasteiger partial charge in [-0.1, -0.05) is 65.7 Å². The second-order valence-corrected chi connectivity index (χ2v) is 10.8. The molecule has 0 amide bonds. The predicted molar refractivity (Wildman–Crippen MR) is 122 cm³/mol. The molecule has 0 aliphatic rings. The molecule has 6 heteroatoms. The zero-order valence-electron chi connectivity index (χ0n) is 17.5. The molecule has 0 heterocycles. The van der Waals surface area contributed by atoms with Gasteiger partial charge in [0.25, 0.3) is 0 Å².